The number of anilines is 1. The molecule has 4 rings (SSSR count). The summed E-state index contributed by atoms with van der Waals surface area (Å²) >= 11 is 0. The number of nitrogens with zero attached hydrogens (tertiary/aromatic N) is 1. The number of rotatable bonds is 7. The van der Waals surface area contributed by atoms with Crippen molar-refractivity contribution in [1.82, 2.24) is 4.90 Å². The van der Waals surface area contributed by atoms with E-state index < -0.39 is 25.0 Å². The fourth-order valence-corrected chi connectivity index (χ4v) is 5.53. The Bertz CT molecular complexity index is 845. The Morgan fingerprint density at radius 2 is 1.60 bits per heavy atom. The first kappa shape index (κ1) is 20.6. The number of amides is 3. The van der Waals surface area contributed by atoms with Gasteiger partial charge in [-0.25, -0.2) is 0 Å². The lowest BCUT2D eigenvalue weighted by atomic mass is 9.81. The number of esters is 1. The van der Waals surface area contributed by atoms with Crippen molar-refractivity contribution in [3.05, 3.63) is 29.3 Å². The van der Waals surface area contributed by atoms with Crippen LogP contribution in [-0.2, 0) is 36.8 Å². The molecule has 2 saturated carbocycles. The van der Waals surface area contributed by atoms with Crippen LogP contribution in [0.5, 0.6) is 0 Å². The molecule has 2 bridgehead atoms. The first-order valence-corrected chi connectivity index (χ1v) is 10.9. The Hall–Kier alpha value is -2.70. The Morgan fingerprint density at radius 3 is 2.13 bits per heavy atom. The maximum atomic E-state index is 12.7. The average molecular weight is 412 g/mol. The molecule has 3 aliphatic rings. The van der Waals surface area contributed by atoms with Gasteiger partial charge in [-0.05, 0) is 55.1 Å². The topological polar surface area (TPSA) is 92.8 Å². The van der Waals surface area contributed by atoms with E-state index in [1.165, 1.54) is 0 Å². The second kappa shape index (κ2) is 8.20. The summed E-state index contributed by atoms with van der Waals surface area (Å²) in [6, 6.07) is 5.86. The van der Waals surface area contributed by atoms with Crippen LogP contribution in [0.2, 0.25) is 0 Å². The molecule has 0 spiro atoms. The molecule has 1 aromatic rings. The standard InChI is InChI=1S/C23H28N2O5/c1-3-13-6-5-7-14(4-2)21(13)24-17(26)12-30-18(27)11-25-22(28)19-15-8-9-16(10-15)20(19)23(25)29/h5-7,15-16,19-20H,3-4,8-12H2,1-2H3,(H,24,26)/t15-,16-,19-,20-/m0/s1. The Kier molecular flexibility index (Phi) is 5.62. The van der Waals surface area contributed by atoms with Gasteiger partial charge in [0, 0.05) is 5.69 Å². The number of hydrogen-bond acceptors (Lipinski definition) is 5. The third kappa shape index (κ3) is 3.50. The molecule has 1 saturated heterocycles. The van der Waals surface area contributed by atoms with E-state index in [1.54, 1.807) is 0 Å². The van der Waals surface area contributed by atoms with Crippen molar-refractivity contribution in [2.24, 2.45) is 23.7 Å². The van der Waals surface area contributed by atoms with Gasteiger partial charge in [-0.15, -0.1) is 0 Å². The summed E-state index contributed by atoms with van der Waals surface area (Å²) in [4.78, 5) is 50.9. The van der Waals surface area contributed by atoms with Gasteiger partial charge in [0.1, 0.15) is 6.54 Å². The van der Waals surface area contributed by atoms with Crippen LogP contribution in [0.15, 0.2) is 18.2 Å². The van der Waals surface area contributed by atoms with E-state index in [0.29, 0.717) is 0 Å². The summed E-state index contributed by atoms with van der Waals surface area (Å²) in [5, 5.41) is 2.84. The third-order valence-corrected chi connectivity index (χ3v) is 6.93. The molecule has 0 aromatic heterocycles. The molecular weight excluding hydrogens is 384 g/mol. The molecule has 30 heavy (non-hydrogen) atoms. The fraction of sp³-hybridized carbons (Fsp3) is 0.565. The number of ether oxygens (including phenoxy) is 1. The van der Waals surface area contributed by atoms with Gasteiger partial charge in [-0.3, -0.25) is 24.1 Å². The van der Waals surface area contributed by atoms with Crippen LogP contribution in [-0.4, -0.2) is 41.7 Å². The molecule has 2 aliphatic carbocycles. The molecule has 0 unspecified atom stereocenters. The molecule has 1 aromatic carbocycles. The van der Waals surface area contributed by atoms with Crippen molar-refractivity contribution in [2.45, 2.75) is 46.0 Å². The van der Waals surface area contributed by atoms with E-state index in [2.05, 4.69) is 5.32 Å². The van der Waals surface area contributed by atoms with Crippen molar-refractivity contribution >= 4 is 29.4 Å². The second-order valence-corrected chi connectivity index (χ2v) is 8.51. The van der Waals surface area contributed by atoms with Crippen molar-refractivity contribution in [3.8, 4) is 0 Å². The average Bonchev–Trinajstić information content (AvgIpc) is 3.42. The molecule has 1 aliphatic heterocycles. The number of aryl methyl sites for hydroxylation is 2. The van der Waals surface area contributed by atoms with Gasteiger partial charge < -0.3 is 10.1 Å². The lowest BCUT2D eigenvalue weighted by Gasteiger charge is -2.19. The number of para-hydroxylation sites is 1. The minimum atomic E-state index is -0.737. The molecule has 160 valence electrons. The molecule has 0 radical (unpaired) electrons. The Labute approximate surface area is 176 Å². The van der Waals surface area contributed by atoms with Gasteiger partial charge in [-0.1, -0.05) is 32.0 Å². The highest BCUT2D eigenvalue weighted by Gasteiger charge is 2.61. The van der Waals surface area contributed by atoms with Gasteiger partial charge in [0.05, 0.1) is 11.8 Å². The summed E-state index contributed by atoms with van der Waals surface area (Å²) in [5.41, 5.74) is 2.80. The number of likely N-dealkylation sites (tertiary alicyclic amines) is 1. The molecule has 1 heterocycles. The predicted molar refractivity (Wildman–Crippen MR) is 109 cm³/mol. The van der Waals surface area contributed by atoms with Gasteiger partial charge in [0.2, 0.25) is 11.8 Å². The molecule has 7 heteroatoms. The monoisotopic (exact) mass is 412 g/mol. The van der Waals surface area contributed by atoms with Crippen molar-refractivity contribution in [2.75, 3.05) is 18.5 Å². The minimum Gasteiger partial charge on any atom is -0.454 e. The maximum Gasteiger partial charge on any atom is 0.326 e. The molecule has 3 amide bonds. The van der Waals surface area contributed by atoms with E-state index >= 15 is 0 Å². The number of imide groups is 1. The van der Waals surface area contributed by atoms with Crippen LogP contribution in [0, 0.1) is 23.7 Å². The zero-order valence-electron chi connectivity index (χ0n) is 17.5. The summed E-state index contributed by atoms with van der Waals surface area (Å²) in [6.45, 7) is 3.16. The SMILES string of the molecule is CCc1cccc(CC)c1NC(=O)COC(=O)CN1C(=O)[C@H]2[C@H]3CC[C@@H](C3)[C@@H]2C1=O. The van der Waals surface area contributed by atoms with E-state index in [0.717, 1.165) is 53.8 Å². The van der Waals surface area contributed by atoms with Gasteiger partial charge >= 0.3 is 5.97 Å². The summed E-state index contributed by atoms with van der Waals surface area (Å²) in [5.74, 6) is -1.64. The molecular formula is C23H28N2O5. The van der Waals surface area contributed by atoms with Crippen LogP contribution in [0.4, 0.5) is 5.69 Å². The van der Waals surface area contributed by atoms with Gasteiger partial charge in [-0.2, -0.15) is 0 Å². The van der Waals surface area contributed by atoms with Crippen LogP contribution >= 0.6 is 0 Å². The normalized spacial score (nSPS) is 26.8. The zero-order chi connectivity index (χ0) is 21.4. The van der Waals surface area contributed by atoms with E-state index in [9.17, 15) is 19.2 Å². The highest BCUT2D eigenvalue weighted by Crippen LogP contribution is 2.56. The van der Waals surface area contributed by atoms with E-state index in [-0.39, 0.29) is 35.5 Å². The van der Waals surface area contributed by atoms with Gasteiger partial charge in [0.15, 0.2) is 6.61 Å². The second-order valence-electron chi connectivity index (χ2n) is 8.51. The molecule has 7 nitrogen and oxygen atoms in total. The number of fused-ring (bicyclic) bond motifs is 5. The number of benzene rings is 1. The highest BCUT2D eigenvalue weighted by atomic mass is 16.5. The number of carbonyl (C=O) groups is 4. The fourth-order valence-electron chi connectivity index (χ4n) is 5.53. The Morgan fingerprint density at radius 1 is 1.03 bits per heavy atom. The number of nitrogens with one attached hydrogen (secondary N) is 1. The summed E-state index contributed by atoms with van der Waals surface area (Å²) < 4.78 is 5.08. The van der Waals surface area contributed by atoms with Crippen LogP contribution in [0.3, 0.4) is 0 Å². The smallest absolute Gasteiger partial charge is 0.326 e. The third-order valence-electron chi connectivity index (χ3n) is 6.93. The maximum absolute atomic E-state index is 12.7. The quantitative estimate of drug-likeness (QED) is 0.548. The van der Waals surface area contributed by atoms with Gasteiger partial charge in [0.25, 0.3) is 5.91 Å². The van der Waals surface area contributed by atoms with E-state index in [4.69, 9.17) is 4.74 Å². The summed E-state index contributed by atoms with van der Waals surface area (Å²) in [6.07, 6.45) is 4.47. The Balaban J connectivity index is 1.32. The molecule has 3 fully saturated rings. The number of hydrogen-bond donors (Lipinski definition) is 1. The van der Waals surface area contributed by atoms with Crippen LogP contribution in [0.1, 0.15) is 44.2 Å². The lowest BCUT2D eigenvalue weighted by Crippen LogP contribution is -2.38. The van der Waals surface area contributed by atoms with Crippen LogP contribution in [0.25, 0.3) is 0 Å². The first-order chi connectivity index (χ1) is 14.4. The summed E-state index contributed by atoms with van der Waals surface area (Å²) in [7, 11) is 0. The highest BCUT2D eigenvalue weighted by molar-refractivity contribution is 6.08. The lowest BCUT2D eigenvalue weighted by molar-refractivity contribution is -0.154. The molecule has 1 N–H and O–H groups in total. The van der Waals surface area contributed by atoms with Crippen LogP contribution < -0.4 is 5.32 Å². The zero-order valence-corrected chi connectivity index (χ0v) is 17.5. The van der Waals surface area contributed by atoms with Crippen molar-refractivity contribution in [1.29, 1.82) is 0 Å². The number of carbonyl (C=O) groups excluding carboxylic acids is 4. The van der Waals surface area contributed by atoms with Crippen molar-refractivity contribution < 1.29 is 23.9 Å². The van der Waals surface area contributed by atoms with Crippen molar-refractivity contribution in [3.63, 3.8) is 0 Å². The first-order valence-electron chi connectivity index (χ1n) is 10.9. The predicted octanol–water partition coefficient (Wildman–Crippen LogP) is 2.32. The molecule has 4 atom stereocenters. The van der Waals surface area contributed by atoms with E-state index in [1.807, 2.05) is 32.0 Å². The minimum absolute atomic E-state index is 0.247. The largest absolute Gasteiger partial charge is 0.454 e.